The molecule has 0 spiro atoms. The lowest BCUT2D eigenvalue weighted by molar-refractivity contribution is -0.110. The van der Waals surface area contributed by atoms with Crippen molar-refractivity contribution < 1.29 is 22.7 Å². The van der Waals surface area contributed by atoms with E-state index in [2.05, 4.69) is 15.6 Å². The molecule has 1 aromatic heterocycles. The van der Waals surface area contributed by atoms with Crippen molar-refractivity contribution in [3.05, 3.63) is 53.9 Å². The highest BCUT2D eigenvalue weighted by atomic mass is 32.2. The van der Waals surface area contributed by atoms with E-state index in [1.54, 1.807) is 6.92 Å². The van der Waals surface area contributed by atoms with Gasteiger partial charge in [-0.15, -0.1) is 0 Å². The minimum atomic E-state index is -3.78. The molecule has 0 fully saturated rings. The van der Waals surface area contributed by atoms with Crippen molar-refractivity contribution >= 4 is 39.0 Å². The molecule has 1 amide bonds. The number of nitrogens with zero attached hydrogens (tertiary/aromatic N) is 1. The van der Waals surface area contributed by atoms with Crippen LogP contribution in [-0.4, -0.2) is 31.9 Å². The van der Waals surface area contributed by atoms with E-state index < -0.39 is 16.0 Å². The summed E-state index contributed by atoms with van der Waals surface area (Å²) in [4.78, 5) is 28.1. The molecule has 10 heteroatoms. The highest BCUT2D eigenvalue weighted by Crippen LogP contribution is 2.30. The van der Waals surface area contributed by atoms with Crippen LogP contribution in [0.15, 0.2) is 47.6 Å². The van der Waals surface area contributed by atoms with E-state index in [9.17, 15) is 18.0 Å². The van der Waals surface area contributed by atoms with E-state index >= 15 is 0 Å². The first-order chi connectivity index (χ1) is 12.8. The predicted octanol–water partition coefficient (Wildman–Crippen LogP) is 1.31. The van der Waals surface area contributed by atoms with Crippen molar-refractivity contribution in [1.82, 2.24) is 4.98 Å². The average molecular weight is 388 g/mol. The molecule has 4 N–H and O–H groups in total. The SMILES string of the molecule is CCOC(=O)c1cnc2c(c1)C(=CNc1ccc(S(N)(=O)=O)cc1)C(=O)N2. The van der Waals surface area contributed by atoms with Gasteiger partial charge in [0.05, 0.1) is 22.6 Å². The Morgan fingerprint density at radius 1 is 1.33 bits per heavy atom. The van der Waals surface area contributed by atoms with Crippen LogP contribution in [0, 0.1) is 0 Å². The second-order valence-corrected chi connectivity index (χ2v) is 7.13. The largest absolute Gasteiger partial charge is 0.462 e. The van der Waals surface area contributed by atoms with E-state index in [0.29, 0.717) is 17.1 Å². The van der Waals surface area contributed by atoms with Crippen molar-refractivity contribution in [2.24, 2.45) is 5.14 Å². The zero-order valence-corrected chi connectivity index (χ0v) is 15.0. The van der Waals surface area contributed by atoms with Gasteiger partial charge in [-0.25, -0.2) is 23.3 Å². The molecule has 0 saturated carbocycles. The van der Waals surface area contributed by atoms with Crippen molar-refractivity contribution in [3.8, 4) is 0 Å². The van der Waals surface area contributed by atoms with Crippen LogP contribution >= 0.6 is 0 Å². The summed E-state index contributed by atoms with van der Waals surface area (Å²) in [7, 11) is -3.78. The summed E-state index contributed by atoms with van der Waals surface area (Å²) in [6.07, 6.45) is 2.78. The zero-order chi connectivity index (χ0) is 19.6. The van der Waals surface area contributed by atoms with Crippen LogP contribution < -0.4 is 15.8 Å². The van der Waals surface area contributed by atoms with Crippen LogP contribution in [0.1, 0.15) is 22.8 Å². The fourth-order valence-electron chi connectivity index (χ4n) is 2.43. The number of fused-ring (bicyclic) bond motifs is 1. The number of carbonyl (C=O) groups excluding carboxylic acids is 2. The van der Waals surface area contributed by atoms with Gasteiger partial charge in [-0.3, -0.25) is 4.79 Å². The van der Waals surface area contributed by atoms with Gasteiger partial charge in [-0.2, -0.15) is 0 Å². The molecule has 140 valence electrons. The van der Waals surface area contributed by atoms with Gasteiger partial charge in [-0.1, -0.05) is 0 Å². The molecule has 0 bridgehead atoms. The fourth-order valence-corrected chi connectivity index (χ4v) is 2.95. The Kier molecular flexibility index (Phi) is 4.93. The summed E-state index contributed by atoms with van der Waals surface area (Å²) in [5.41, 5.74) is 1.51. The van der Waals surface area contributed by atoms with Crippen LogP contribution in [0.2, 0.25) is 0 Å². The fraction of sp³-hybridized carbons (Fsp3) is 0.118. The second kappa shape index (κ2) is 7.17. The quantitative estimate of drug-likeness (QED) is 0.518. The Balaban J connectivity index is 1.86. The van der Waals surface area contributed by atoms with Gasteiger partial charge in [0, 0.05) is 23.6 Å². The van der Waals surface area contributed by atoms with Gasteiger partial charge >= 0.3 is 5.97 Å². The maximum atomic E-state index is 12.2. The number of nitrogens with two attached hydrogens (primary N) is 1. The number of nitrogens with one attached hydrogen (secondary N) is 2. The van der Waals surface area contributed by atoms with Gasteiger partial charge in [0.25, 0.3) is 5.91 Å². The van der Waals surface area contributed by atoms with Crippen LogP contribution in [0.25, 0.3) is 5.57 Å². The number of anilines is 2. The number of pyridine rings is 1. The minimum absolute atomic E-state index is 0.0204. The van der Waals surface area contributed by atoms with E-state index in [1.807, 2.05) is 0 Å². The monoisotopic (exact) mass is 388 g/mol. The van der Waals surface area contributed by atoms with Crippen LogP contribution in [0.4, 0.5) is 11.5 Å². The lowest BCUT2D eigenvalue weighted by Gasteiger charge is -2.05. The lowest BCUT2D eigenvalue weighted by atomic mass is 10.1. The van der Waals surface area contributed by atoms with Crippen LogP contribution in [0.3, 0.4) is 0 Å². The van der Waals surface area contributed by atoms with Crippen LogP contribution in [-0.2, 0) is 19.6 Å². The Hall–Kier alpha value is -3.24. The minimum Gasteiger partial charge on any atom is -0.462 e. The lowest BCUT2D eigenvalue weighted by Crippen LogP contribution is -2.11. The molecule has 0 aliphatic carbocycles. The third kappa shape index (κ3) is 3.96. The van der Waals surface area contributed by atoms with Crippen molar-refractivity contribution in [3.63, 3.8) is 0 Å². The zero-order valence-electron chi connectivity index (χ0n) is 14.2. The van der Waals surface area contributed by atoms with Crippen molar-refractivity contribution in [2.45, 2.75) is 11.8 Å². The standard InChI is InChI=1S/C17H16N4O5S/c1-2-26-17(23)10-7-13-14(16(22)21-15(13)20-8-10)9-19-11-3-5-12(6-4-11)27(18,24)25/h3-9,19H,2H2,1H3,(H2,18,24,25)(H,20,21,22). The number of amides is 1. The number of primary sulfonamides is 1. The Bertz CT molecular complexity index is 1050. The topological polar surface area (TPSA) is 140 Å². The molecule has 3 rings (SSSR count). The Labute approximate surface area is 155 Å². The highest BCUT2D eigenvalue weighted by molar-refractivity contribution is 7.89. The summed E-state index contributed by atoms with van der Waals surface area (Å²) in [6, 6.07) is 7.24. The van der Waals surface area contributed by atoms with Gasteiger partial charge in [-0.05, 0) is 37.3 Å². The van der Waals surface area contributed by atoms with E-state index in [0.717, 1.165) is 0 Å². The van der Waals surface area contributed by atoms with Crippen molar-refractivity contribution in [1.29, 1.82) is 0 Å². The Morgan fingerprint density at radius 2 is 2.04 bits per heavy atom. The number of carbonyl (C=O) groups is 2. The number of hydrogen-bond acceptors (Lipinski definition) is 7. The molecule has 1 aromatic carbocycles. The third-order valence-corrected chi connectivity index (χ3v) is 4.66. The highest BCUT2D eigenvalue weighted by Gasteiger charge is 2.27. The summed E-state index contributed by atoms with van der Waals surface area (Å²) >= 11 is 0. The summed E-state index contributed by atoms with van der Waals surface area (Å²) in [5, 5.41) is 10.6. The molecule has 27 heavy (non-hydrogen) atoms. The smallest absolute Gasteiger partial charge is 0.339 e. The maximum Gasteiger partial charge on any atom is 0.339 e. The first-order valence-corrected chi connectivity index (χ1v) is 9.42. The molecule has 1 aliphatic rings. The van der Waals surface area contributed by atoms with E-state index in [4.69, 9.17) is 9.88 Å². The number of hydrogen-bond donors (Lipinski definition) is 3. The number of sulfonamides is 1. The van der Waals surface area contributed by atoms with Gasteiger partial charge in [0.15, 0.2) is 0 Å². The Morgan fingerprint density at radius 3 is 2.67 bits per heavy atom. The van der Waals surface area contributed by atoms with Crippen LogP contribution in [0.5, 0.6) is 0 Å². The number of rotatable bonds is 5. The molecular weight excluding hydrogens is 372 g/mol. The number of aromatic nitrogens is 1. The number of esters is 1. The number of benzene rings is 1. The molecule has 2 aromatic rings. The maximum absolute atomic E-state index is 12.2. The molecular formula is C17H16N4O5S. The molecule has 2 heterocycles. The molecule has 0 atom stereocenters. The van der Waals surface area contributed by atoms with E-state index in [1.165, 1.54) is 42.7 Å². The molecule has 0 unspecified atom stereocenters. The second-order valence-electron chi connectivity index (χ2n) is 5.57. The third-order valence-electron chi connectivity index (χ3n) is 3.73. The molecule has 1 aliphatic heterocycles. The average Bonchev–Trinajstić information content (AvgIpc) is 2.94. The summed E-state index contributed by atoms with van der Waals surface area (Å²) in [6.45, 7) is 1.92. The summed E-state index contributed by atoms with van der Waals surface area (Å²) in [5.74, 6) is -0.573. The predicted molar refractivity (Wildman–Crippen MR) is 98.2 cm³/mol. The molecule has 0 radical (unpaired) electrons. The van der Waals surface area contributed by atoms with Gasteiger partial charge in [0.1, 0.15) is 5.82 Å². The van der Waals surface area contributed by atoms with Crippen molar-refractivity contribution in [2.75, 3.05) is 17.2 Å². The number of ether oxygens (including phenoxy) is 1. The summed E-state index contributed by atoms with van der Waals surface area (Å²) < 4.78 is 27.5. The molecule has 9 nitrogen and oxygen atoms in total. The normalized spacial score (nSPS) is 14.6. The molecule has 0 saturated heterocycles. The van der Waals surface area contributed by atoms with Gasteiger partial charge < -0.3 is 15.4 Å². The first kappa shape index (κ1) is 18.5. The van der Waals surface area contributed by atoms with Gasteiger partial charge in [0.2, 0.25) is 10.0 Å². The van der Waals surface area contributed by atoms with E-state index in [-0.39, 0.29) is 28.5 Å². The first-order valence-electron chi connectivity index (χ1n) is 7.88.